The number of amides is 1. The standard InChI is InChI=1S/C28H31FN4O4S/c1-7-17(3)19(12-13-20(8-2)35-5)16-37-28-33-32-27(38-28)31-26(34)22-15-30-18(4)14-21(22)25-23(29)10-9-11-24(25)36-6/h8-15H,7,16H2,1-6H3,(H,31,32,34)/b13-12-,19-17+,20-8+. The van der Waals surface area contributed by atoms with Gasteiger partial charge in [0.1, 0.15) is 23.9 Å². The second kappa shape index (κ2) is 13.5. The number of aryl methyl sites for hydroxylation is 1. The zero-order valence-corrected chi connectivity index (χ0v) is 23.1. The molecule has 0 bridgehead atoms. The van der Waals surface area contributed by atoms with Crippen LogP contribution in [-0.2, 0) is 4.74 Å². The van der Waals surface area contributed by atoms with Crippen LogP contribution in [0.1, 0.15) is 43.2 Å². The first kappa shape index (κ1) is 28.5. The first-order chi connectivity index (χ1) is 18.3. The third kappa shape index (κ3) is 7.04. The van der Waals surface area contributed by atoms with E-state index in [1.165, 1.54) is 19.4 Å². The molecule has 0 aliphatic rings. The van der Waals surface area contributed by atoms with E-state index in [0.29, 0.717) is 22.2 Å². The van der Waals surface area contributed by atoms with Gasteiger partial charge in [0.2, 0.25) is 5.13 Å². The van der Waals surface area contributed by atoms with Crippen molar-refractivity contribution in [1.82, 2.24) is 15.2 Å². The molecule has 0 aliphatic heterocycles. The molecule has 8 nitrogen and oxygen atoms in total. The molecule has 200 valence electrons. The lowest BCUT2D eigenvalue weighted by Gasteiger charge is -2.14. The molecule has 1 aromatic carbocycles. The molecular weight excluding hydrogens is 507 g/mol. The van der Waals surface area contributed by atoms with E-state index in [2.05, 4.69) is 27.4 Å². The minimum Gasteiger partial charge on any atom is -0.497 e. The maximum atomic E-state index is 14.8. The van der Waals surface area contributed by atoms with Crippen molar-refractivity contribution in [2.75, 3.05) is 26.1 Å². The summed E-state index contributed by atoms with van der Waals surface area (Å²) in [5.74, 6) is 0.0288. The molecule has 0 radical (unpaired) electrons. The number of aromatic nitrogens is 3. The van der Waals surface area contributed by atoms with E-state index in [-0.39, 0.29) is 22.9 Å². The van der Waals surface area contributed by atoms with Crippen LogP contribution < -0.4 is 14.8 Å². The Balaban J connectivity index is 1.79. The summed E-state index contributed by atoms with van der Waals surface area (Å²) in [6.07, 6.45) is 7.96. The van der Waals surface area contributed by atoms with Gasteiger partial charge in [-0.2, -0.15) is 0 Å². The normalized spacial score (nSPS) is 12.3. The Morgan fingerprint density at radius 1 is 1.21 bits per heavy atom. The Kier molecular flexibility index (Phi) is 10.1. The van der Waals surface area contributed by atoms with Gasteiger partial charge in [0.15, 0.2) is 0 Å². The highest BCUT2D eigenvalue weighted by molar-refractivity contribution is 7.17. The van der Waals surface area contributed by atoms with Crippen LogP contribution >= 0.6 is 11.3 Å². The van der Waals surface area contributed by atoms with Gasteiger partial charge in [-0.05, 0) is 74.5 Å². The number of nitrogens with one attached hydrogen (secondary N) is 1. The number of hydrogen-bond acceptors (Lipinski definition) is 8. The van der Waals surface area contributed by atoms with E-state index < -0.39 is 11.7 Å². The van der Waals surface area contributed by atoms with Crippen molar-refractivity contribution in [3.8, 4) is 22.1 Å². The van der Waals surface area contributed by atoms with Crippen molar-refractivity contribution in [3.63, 3.8) is 0 Å². The third-order valence-corrected chi connectivity index (χ3v) is 6.53. The second-order valence-corrected chi connectivity index (χ2v) is 9.13. The number of anilines is 1. The van der Waals surface area contributed by atoms with Gasteiger partial charge in [-0.15, -0.1) is 5.10 Å². The summed E-state index contributed by atoms with van der Waals surface area (Å²) in [5.41, 5.74) is 3.48. The van der Waals surface area contributed by atoms with Gasteiger partial charge in [-0.3, -0.25) is 15.1 Å². The molecule has 0 spiro atoms. The van der Waals surface area contributed by atoms with E-state index in [0.717, 1.165) is 34.7 Å². The quantitative estimate of drug-likeness (QED) is 0.219. The molecule has 38 heavy (non-hydrogen) atoms. The summed E-state index contributed by atoms with van der Waals surface area (Å²) >= 11 is 1.09. The van der Waals surface area contributed by atoms with E-state index in [4.69, 9.17) is 14.2 Å². The number of ether oxygens (including phenoxy) is 3. The average Bonchev–Trinajstić information content (AvgIpc) is 3.37. The Morgan fingerprint density at radius 3 is 2.68 bits per heavy atom. The van der Waals surface area contributed by atoms with Crippen LogP contribution in [-0.4, -0.2) is 41.9 Å². The Morgan fingerprint density at radius 2 is 2.00 bits per heavy atom. The van der Waals surface area contributed by atoms with Gasteiger partial charge >= 0.3 is 0 Å². The first-order valence-corrected chi connectivity index (χ1v) is 12.8. The number of carbonyl (C=O) groups excluding carboxylic acids is 1. The minimum absolute atomic E-state index is 0.170. The average molecular weight is 539 g/mol. The van der Waals surface area contributed by atoms with Crippen molar-refractivity contribution in [2.24, 2.45) is 0 Å². The van der Waals surface area contributed by atoms with Crippen LogP contribution in [0.3, 0.4) is 0 Å². The number of pyridine rings is 1. The van der Waals surface area contributed by atoms with Crippen molar-refractivity contribution in [1.29, 1.82) is 0 Å². The van der Waals surface area contributed by atoms with Crippen molar-refractivity contribution in [3.05, 3.63) is 82.7 Å². The smallest absolute Gasteiger partial charge is 0.296 e. The Hall–Kier alpha value is -4.05. The molecule has 1 N–H and O–H groups in total. The molecule has 2 aromatic heterocycles. The fraction of sp³-hybridized carbons (Fsp3) is 0.286. The van der Waals surface area contributed by atoms with Crippen LogP contribution in [0.2, 0.25) is 0 Å². The molecular formula is C28H31FN4O4S. The fourth-order valence-electron chi connectivity index (χ4n) is 3.51. The molecule has 0 saturated carbocycles. The second-order valence-electron chi connectivity index (χ2n) is 8.19. The summed E-state index contributed by atoms with van der Waals surface area (Å²) in [7, 11) is 3.07. The van der Waals surface area contributed by atoms with E-state index in [1.807, 2.05) is 32.1 Å². The zero-order chi connectivity index (χ0) is 27.7. The topological polar surface area (TPSA) is 95.5 Å². The molecule has 0 atom stereocenters. The number of methoxy groups -OCH3 is 2. The van der Waals surface area contributed by atoms with E-state index in [1.54, 1.807) is 32.2 Å². The third-order valence-electron chi connectivity index (χ3n) is 5.78. The lowest BCUT2D eigenvalue weighted by atomic mass is 9.98. The van der Waals surface area contributed by atoms with Gasteiger partial charge in [-0.25, -0.2) is 4.39 Å². The Bertz CT molecular complexity index is 1380. The number of carbonyl (C=O) groups is 1. The van der Waals surface area contributed by atoms with E-state index in [9.17, 15) is 9.18 Å². The highest BCUT2D eigenvalue weighted by Crippen LogP contribution is 2.35. The van der Waals surface area contributed by atoms with Crippen LogP contribution in [0.25, 0.3) is 11.1 Å². The maximum absolute atomic E-state index is 14.8. The lowest BCUT2D eigenvalue weighted by Crippen LogP contribution is -2.14. The van der Waals surface area contributed by atoms with Gasteiger partial charge in [0, 0.05) is 17.5 Å². The van der Waals surface area contributed by atoms with Crippen LogP contribution in [0.5, 0.6) is 10.9 Å². The number of halogens is 1. The van der Waals surface area contributed by atoms with E-state index >= 15 is 0 Å². The molecule has 2 heterocycles. The van der Waals surface area contributed by atoms with Gasteiger partial charge in [-0.1, -0.05) is 29.7 Å². The molecule has 0 aliphatic carbocycles. The SMILES string of the molecule is C\C=C(/C=C\C(COc1nnc(NC(=O)c2cnc(C)cc2-c2c(F)cccc2OC)s1)=C(\C)CC)OC. The predicted octanol–water partition coefficient (Wildman–Crippen LogP) is 6.52. The highest BCUT2D eigenvalue weighted by Gasteiger charge is 2.21. The fourth-order valence-corrected chi connectivity index (χ4v) is 4.10. The lowest BCUT2D eigenvalue weighted by molar-refractivity contribution is 0.102. The maximum Gasteiger partial charge on any atom is 0.296 e. The van der Waals surface area contributed by atoms with Crippen molar-refractivity contribution < 1.29 is 23.4 Å². The molecule has 0 saturated heterocycles. The van der Waals surface area contributed by atoms with Gasteiger partial charge in [0.25, 0.3) is 11.1 Å². The van der Waals surface area contributed by atoms with Crippen molar-refractivity contribution >= 4 is 22.4 Å². The minimum atomic E-state index is -0.511. The largest absolute Gasteiger partial charge is 0.497 e. The Labute approximate surface area is 225 Å². The molecule has 1 amide bonds. The summed E-state index contributed by atoms with van der Waals surface area (Å²) < 4.78 is 31.3. The number of nitrogens with zero attached hydrogens (tertiary/aromatic N) is 3. The number of allylic oxidation sites excluding steroid dienone is 3. The van der Waals surface area contributed by atoms with Gasteiger partial charge in [0.05, 0.1) is 25.3 Å². The number of rotatable bonds is 11. The molecule has 3 aromatic rings. The summed E-state index contributed by atoms with van der Waals surface area (Å²) in [6, 6.07) is 6.14. The van der Waals surface area contributed by atoms with Crippen LogP contribution in [0.4, 0.5) is 9.52 Å². The highest BCUT2D eigenvalue weighted by atomic mass is 32.1. The first-order valence-electron chi connectivity index (χ1n) is 11.9. The van der Waals surface area contributed by atoms with Gasteiger partial charge < -0.3 is 14.2 Å². The van der Waals surface area contributed by atoms with Crippen LogP contribution in [0, 0.1) is 12.7 Å². The number of hydrogen-bond donors (Lipinski definition) is 1. The monoisotopic (exact) mass is 538 g/mol. The summed E-state index contributed by atoms with van der Waals surface area (Å²) in [4.78, 5) is 17.4. The van der Waals surface area contributed by atoms with Crippen molar-refractivity contribution in [2.45, 2.75) is 34.1 Å². The molecule has 0 unspecified atom stereocenters. The molecule has 3 rings (SSSR count). The molecule has 0 fully saturated rings. The zero-order valence-electron chi connectivity index (χ0n) is 22.3. The summed E-state index contributed by atoms with van der Waals surface area (Å²) in [5, 5.41) is 11.3. The number of benzene rings is 1. The predicted molar refractivity (Wildman–Crippen MR) is 147 cm³/mol. The molecule has 10 heteroatoms. The van der Waals surface area contributed by atoms with Crippen LogP contribution in [0.15, 0.2) is 65.6 Å². The summed E-state index contributed by atoms with van der Waals surface area (Å²) in [6.45, 7) is 8.04.